The summed E-state index contributed by atoms with van der Waals surface area (Å²) in [4.78, 5) is 21.7. The minimum atomic E-state index is -0.769. The summed E-state index contributed by atoms with van der Waals surface area (Å²) in [7, 11) is 4.06. The molecule has 4 aliphatic carbocycles. The number of hydrogen-bond donors (Lipinski definition) is 1. The number of rotatable bonds is 6. The van der Waals surface area contributed by atoms with Crippen LogP contribution in [-0.2, 0) is 4.74 Å². The Morgan fingerprint density at radius 1 is 1.05 bits per heavy atom. The molecular weight excluding hydrogens is 547 g/mol. The van der Waals surface area contributed by atoms with Crippen molar-refractivity contribution in [1.29, 1.82) is 5.26 Å². The number of nitro benzene ring substituents is 1. The second-order valence-corrected chi connectivity index (χ2v) is 11.2. The molecular formula is C28H34BN3O6P2. The van der Waals surface area contributed by atoms with Crippen LogP contribution in [0.1, 0.15) is 51.4 Å². The summed E-state index contributed by atoms with van der Waals surface area (Å²) in [6.45, 7) is 0.760. The zero-order valence-electron chi connectivity index (χ0n) is 22.3. The first-order valence-electron chi connectivity index (χ1n) is 13.5. The minimum Gasteiger partial charge on any atom is -0.434 e. The summed E-state index contributed by atoms with van der Waals surface area (Å²) in [5.74, 6) is 18.5. The summed E-state index contributed by atoms with van der Waals surface area (Å²) in [5, 5.41) is 27.3. The smallest absolute Gasteiger partial charge is 0.434 e. The van der Waals surface area contributed by atoms with Gasteiger partial charge in [-0.05, 0) is 73.3 Å². The number of aliphatic hydroxyl groups is 1. The average Bonchev–Trinajstić information content (AvgIpc) is 3.79. The van der Waals surface area contributed by atoms with Gasteiger partial charge < -0.3 is 14.6 Å². The van der Waals surface area contributed by atoms with E-state index in [0.717, 1.165) is 50.4 Å². The van der Waals surface area contributed by atoms with E-state index in [1.165, 1.54) is 44.2 Å². The standard InChI is InChI=1S/C17H17NO5.C10H14O.CH3BN2P2/c19-17(23-13-9-7-12(8-10-13)18(20)21)22-11-16-14-5-3-1-2-4-6-15(14)16;11-7-10-8-5-3-1-2-4-6-9(8)10;3-1-2-4-6-5/h7-10,14-16H,3-6,11H2;8-11H,3-7H2;6H,5H2/t14-,15+,16?;8-,9+,10?;. The van der Waals surface area contributed by atoms with Crippen LogP contribution in [0.5, 0.6) is 5.75 Å². The van der Waals surface area contributed by atoms with E-state index in [-0.39, 0.29) is 11.4 Å². The van der Waals surface area contributed by atoms with Crippen LogP contribution in [-0.4, -0.2) is 36.5 Å². The van der Waals surface area contributed by atoms with E-state index < -0.39 is 11.1 Å². The Kier molecular flexibility index (Phi) is 13.6. The van der Waals surface area contributed by atoms with E-state index in [2.05, 4.69) is 37.3 Å². The number of carbonyl (C=O) groups is 1. The van der Waals surface area contributed by atoms with Gasteiger partial charge in [-0.2, -0.15) is 0 Å². The van der Waals surface area contributed by atoms with Gasteiger partial charge in [0.15, 0.2) is 0 Å². The van der Waals surface area contributed by atoms with Crippen LogP contribution >= 0.6 is 17.3 Å². The summed E-state index contributed by atoms with van der Waals surface area (Å²) in [5.41, 5.74) is -0.0536. The Morgan fingerprint density at radius 3 is 1.95 bits per heavy atom. The summed E-state index contributed by atoms with van der Waals surface area (Å²) in [6.07, 6.45) is 7.78. The third-order valence-electron chi connectivity index (χ3n) is 7.73. The first kappa shape index (κ1) is 31.7. The van der Waals surface area contributed by atoms with Crippen molar-refractivity contribution in [2.75, 3.05) is 13.2 Å². The molecule has 1 aromatic carbocycles. The van der Waals surface area contributed by atoms with Crippen LogP contribution in [0, 0.1) is 80.5 Å². The van der Waals surface area contributed by atoms with Crippen molar-refractivity contribution in [2.24, 2.45) is 40.2 Å². The molecule has 2 fully saturated rings. The number of carbonyl (C=O) groups excluding carboxylic acids is 1. The number of aliphatic hydroxyl groups excluding tert-OH is 1. The molecule has 1 N–H and O–H groups in total. The maximum atomic E-state index is 11.7. The molecule has 0 bridgehead atoms. The van der Waals surface area contributed by atoms with E-state index in [1.807, 2.05) is 0 Å². The van der Waals surface area contributed by atoms with E-state index in [1.54, 1.807) is 5.97 Å². The number of nitrogens with zero attached hydrogens (tertiary/aromatic N) is 3. The molecule has 12 heteroatoms. The zero-order valence-corrected chi connectivity index (χ0v) is 24.5. The van der Waals surface area contributed by atoms with Crippen LogP contribution in [0.4, 0.5) is 10.5 Å². The van der Waals surface area contributed by atoms with Crippen LogP contribution in [0.2, 0.25) is 0 Å². The molecule has 4 unspecified atom stereocenters. The largest absolute Gasteiger partial charge is 0.513 e. The van der Waals surface area contributed by atoms with Gasteiger partial charge in [-0.25, -0.2) is 4.79 Å². The number of benzene rings is 1. The third-order valence-corrected chi connectivity index (χ3v) is 8.45. The van der Waals surface area contributed by atoms with Crippen molar-refractivity contribution in [3.8, 4) is 35.4 Å². The van der Waals surface area contributed by atoms with E-state index in [9.17, 15) is 14.9 Å². The van der Waals surface area contributed by atoms with E-state index >= 15 is 0 Å². The van der Waals surface area contributed by atoms with Gasteiger partial charge in [-0.3, -0.25) is 10.1 Å². The van der Waals surface area contributed by atoms with Crippen molar-refractivity contribution in [1.82, 2.24) is 0 Å². The molecule has 8 atom stereocenters. The molecule has 9 nitrogen and oxygen atoms in total. The van der Waals surface area contributed by atoms with Gasteiger partial charge in [0, 0.05) is 44.4 Å². The maximum absolute atomic E-state index is 11.7. The van der Waals surface area contributed by atoms with Crippen molar-refractivity contribution < 1.29 is 24.3 Å². The zero-order chi connectivity index (χ0) is 28.7. The van der Waals surface area contributed by atoms with Gasteiger partial charge >= 0.3 is 46.5 Å². The first-order chi connectivity index (χ1) is 19.5. The number of nitro groups is 1. The molecule has 0 spiro atoms. The van der Waals surface area contributed by atoms with E-state index in [4.69, 9.17) is 19.8 Å². The Balaban J connectivity index is 0.000000213. The molecule has 5 rings (SSSR count). The molecule has 0 heterocycles. The number of hydrogen-bond acceptors (Lipinski definition) is 8. The fourth-order valence-corrected chi connectivity index (χ4v) is 5.94. The molecule has 1 aromatic rings. The fraction of sp³-hybridized carbons (Fsp3) is 0.571. The number of non-ortho nitro benzene ring substituents is 1. The monoisotopic (exact) mass is 581 g/mol. The molecule has 0 aliphatic heterocycles. The van der Waals surface area contributed by atoms with Gasteiger partial charge in [0.25, 0.3) is 5.69 Å². The number of ether oxygens (including phenoxy) is 2. The average molecular weight is 581 g/mol. The van der Waals surface area contributed by atoms with Gasteiger partial charge in [0.1, 0.15) is 5.75 Å². The molecule has 210 valence electrons. The summed E-state index contributed by atoms with van der Waals surface area (Å²) in [6, 6.07) is 5.32. The molecule has 2 saturated carbocycles. The molecule has 0 aromatic heterocycles. The fourth-order valence-electron chi connectivity index (χ4n) is 5.58. The van der Waals surface area contributed by atoms with Crippen molar-refractivity contribution in [3.63, 3.8) is 0 Å². The Morgan fingerprint density at radius 2 is 1.55 bits per heavy atom. The second-order valence-electron chi connectivity index (χ2n) is 9.96. The van der Waals surface area contributed by atoms with E-state index in [0.29, 0.717) is 45.3 Å². The van der Waals surface area contributed by atoms with Crippen LogP contribution in [0.3, 0.4) is 0 Å². The maximum Gasteiger partial charge on any atom is 0.513 e. The number of nitriles is 1. The normalized spacial score (nSPS) is 27.0. The molecule has 0 saturated heterocycles. The third kappa shape index (κ3) is 10.3. The molecule has 4 aliphatic rings. The summed E-state index contributed by atoms with van der Waals surface area (Å²) < 4.78 is 13.8. The Hall–Kier alpha value is -2.82. The van der Waals surface area contributed by atoms with Crippen molar-refractivity contribution in [3.05, 3.63) is 34.4 Å². The Bertz CT molecular complexity index is 1160. The number of fused-ring (bicyclic) bond motifs is 2. The first-order valence-corrected chi connectivity index (χ1v) is 16.2. The Labute approximate surface area is 240 Å². The van der Waals surface area contributed by atoms with Crippen molar-refractivity contribution in [2.45, 2.75) is 51.4 Å². The predicted molar refractivity (Wildman–Crippen MR) is 157 cm³/mol. The topological polar surface area (TPSA) is 135 Å². The van der Waals surface area contributed by atoms with Crippen LogP contribution in [0.25, 0.3) is 0 Å². The molecule has 40 heavy (non-hydrogen) atoms. The van der Waals surface area contributed by atoms with Gasteiger partial charge in [-0.15, -0.1) is 23.7 Å². The molecule has 0 radical (unpaired) electrons. The SMILES string of the molecule is N#CB=NPP.O=C(OCC1[C@H]2CCC#CCC[C@@H]12)Oc1ccc([N+](=O)[O-])cc1.OCC1[C@H]2CCC#CCC[C@@H]12. The predicted octanol–water partition coefficient (Wildman–Crippen LogP) is 5.71. The second kappa shape index (κ2) is 17.1. The van der Waals surface area contributed by atoms with Crippen molar-refractivity contribution >= 4 is 36.3 Å². The quantitative estimate of drug-likeness (QED) is 0.0865. The van der Waals surface area contributed by atoms with Gasteiger partial charge in [0.2, 0.25) is 0 Å². The summed E-state index contributed by atoms with van der Waals surface area (Å²) >= 11 is 0. The van der Waals surface area contributed by atoms with Crippen LogP contribution < -0.4 is 4.74 Å². The minimum absolute atomic E-state index is 0.0536. The van der Waals surface area contributed by atoms with Gasteiger partial charge in [-0.1, -0.05) is 0 Å². The molecule has 0 amide bonds. The van der Waals surface area contributed by atoms with Gasteiger partial charge in [0.05, 0.1) is 11.5 Å². The van der Waals surface area contributed by atoms with Crippen LogP contribution in [0.15, 0.2) is 28.9 Å².